The number of amides is 2. The average molecular weight is 589 g/mol. The van der Waals surface area contributed by atoms with E-state index in [1.165, 1.54) is 17.0 Å². The van der Waals surface area contributed by atoms with Gasteiger partial charge in [0, 0.05) is 15.2 Å². The van der Waals surface area contributed by atoms with E-state index in [4.69, 9.17) is 4.74 Å². The van der Waals surface area contributed by atoms with Crippen molar-refractivity contribution in [3.05, 3.63) is 64.7 Å². The number of alkyl halides is 2. The Balaban J connectivity index is 1.25. The van der Waals surface area contributed by atoms with Crippen molar-refractivity contribution in [1.82, 2.24) is 0 Å². The van der Waals surface area contributed by atoms with Crippen molar-refractivity contribution in [3.8, 4) is 0 Å². The van der Waals surface area contributed by atoms with E-state index < -0.39 is 5.97 Å². The van der Waals surface area contributed by atoms with Crippen molar-refractivity contribution in [3.63, 3.8) is 0 Å². The van der Waals surface area contributed by atoms with Crippen LogP contribution < -0.4 is 4.90 Å². The number of fused-ring (bicyclic) bond motifs is 5. The maximum Gasteiger partial charge on any atom is 0.338 e. The largest absolute Gasteiger partial charge is 0.454 e. The molecule has 1 heterocycles. The molecular formula is C26H23Br2NO5. The number of halogens is 2. The number of hydrogen-bond donors (Lipinski definition) is 0. The lowest BCUT2D eigenvalue weighted by molar-refractivity contribution is -0.123. The second-order valence-electron chi connectivity index (χ2n) is 9.36. The van der Waals surface area contributed by atoms with Crippen LogP contribution in [0.1, 0.15) is 38.3 Å². The Morgan fingerprint density at radius 3 is 2.00 bits per heavy atom. The Morgan fingerprint density at radius 1 is 0.882 bits per heavy atom. The number of carbonyl (C=O) groups excluding carboxylic acids is 4. The molecule has 2 amide bonds. The Morgan fingerprint density at radius 2 is 1.44 bits per heavy atom. The highest BCUT2D eigenvalue weighted by Gasteiger charge is 2.66. The van der Waals surface area contributed by atoms with Crippen LogP contribution in [0, 0.1) is 37.5 Å². The number of hydrogen-bond acceptors (Lipinski definition) is 5. The number of ketones is 1. The second kappa shape index (κ2) is 8.72. The molecule has 34 heavy (non-hydrogen) atoms. The highest BCUT2D eigenvalue weighted by Crippen LogP contribution is 2.60. The van der Waals surface area contributed by atoms with Gasteiger partial charge >= 0.3 is 5.97 Å². The minimum atomic E-state index is -0.637. The van der Waals surface area contributed by atoms with E-state index in [0.29, 0.717) is 11.3 Å². The summed E-state index contributed by atoms with van der Waals surface area (Å²) in [5, 5.41) is 0. The van der Waals surface area contributed by atoms with Crippen LogP contribution in [0.2, 0.25) is 0 Å². The van der Waals surface area contributed by atoms with Crippen LogP contribution in [0.4, 0.5) is 5.69 Å². The number of Topliss-reactive ketones (excluding diaryl/α,β-unsaturated/α-hetero) is 1. The van der Waals surface area contributed by atoms with E-state index in [2.05, 4.69) is 31.9 Å². The molecule has 0 aromatic heterocycles. The van der Waals surface area contributed by atoms with Crippen molar-refractivity contribution >= 4 is 61.1 Å². The molecule has 6 nitrogen and oxygen atoms in total. The van der Waals surface area contributed by atoms with Crippen molar-refractivity contribution in [1.29, 1.82) is 0 Å². The predicted molar refractivity (Wildman–Crippen MR) is 133 cm³/mol. The zero-order chi connectivity index (χ0) is 24.3. The standard InChI is InChI=1S/C26H23Br2NO5/c1-12-3-4-15(9-13(12)2)19(30)11-34-26(33)14-5-7-16(8-6-14)29-24(31)20-17-10-18(21(20)25(29)32)23(28)22(17)27/h3-9,17-18,20-23H,10-11H2,1-2H3/t17-,18-,20-,21+,22-,23+/m0/s1. The number of benzene rings is 2. The Kier molecular flexibility index (Phi) is 6.01. The Labute approximate surface area is 214 Å². The molecule has 0 radical (unpaired) electrons. The SMILES string of the molecule is Cc1ccc(C(=O)COC(=O)c2ccc(N3C(=O)[C@@H]4[C@@H]5C[C@H]([C@H](Br)[C@@H]5Br)[C@@H]4C3=O)cc2)cc1C. The molecule has 1 aliphatic heterocycles. The molecule has 6 atom stereocenters. The van der Waals surface area contributed by atoms with Crippen molar-refractivity contribution in [2.45, 2.75) is 29.9 Å². The summed E-state index contributed by atoms with van der Waals surface area (Å²) < 4.78 is 5.20. The predicted octanol–water partition coefficient (Wildman–Crippen LogP) is 4.63. The van der Waals surface area contributed by atoms with Gasteiger partial charge in [-0.25, -0.2) is 4.79 Å². The van der Waals surface area contributed by atoms with Crippen LogP contribution in [0.3, 0.4) is 0 Å². The van der Waals surface area contributed by atoms with Gasteiger partial charge in [-0.2, -0.15) is 0 Å². The quantitative estimate of drug-likeness (QED) is 0.220. The topological polar surface area (TPSA) is 80.8 Å². The first-order valence-electron chi connectivity index (χ1n) is 11.2. The fraction of sp³-hybridized carbons (Fsp3) is 0.385. The second-order valence-corrected chi connectivity index (χ2v) is 11.5. The van der Waals surface area contributed by atoms with Crippen LogP contribution in [0.5, 0.6) is 0 Å². The third kappa shape index (κ3) is 3.66. The van der Waals surface area contributed by atoms with Gasteiger partial charge in [-0.15, -0.1) is 0 Å². The Bertz CT molecular complexity index is 1180. The van der Waals surface area contributed by atoms with Gasteiger partial charge < -0.3 is 4.74 Å². The first kappa shape index (κ1) is 23.4. The lowest BCUT2D eigenvalue weighted by Gasteiger charge is -2.28. The van der Waals surface area contributed by atoms with Gasteiger partial charge in [-0.3, -0.25) is 19.3 Å². The maximum atomic E-state index is 13.2. The first-order chi connectivity index (χ1) is 16.2. The summed E-state index contributed by atoms with van der Waals surface area (Å²) in [6, 6.07) is 11.6. The van der Waals surface area contributed by atoms with E-state index in [9.17, 15) is 19.2 Å². The van der Waals surface area contributed by atoms with E-state index in [0.717, 1.165) is 17.5 Å². The molecule has 0 N–H and O–H groups in total. The summed E-state index contributed by atoms with van der Waals surface area (Å²) in [6.07, 6.45) is 0.873. The summed E-state index contributed by atoms with van der Waals surface area (Å²) in [6.45, 7) is 3.52. The first-order valence-corrected chi connectivity index (χ1v) is 13.1. The number of imide groups is 1. The average Bonchev–Trinajstić information content (AvgIpc) is 3.44. The summed E-state index contributed by atoms with van der Waals surface area (Å²) in [5.41, 5.74) is 3.27. The summed E-state index contributed by atoms with van der Waals surface area (Å²) in [5.74, 6) is -1.55. The number of nitrogens with zero attached hydrogens (tertiary/aromatic N) is 1. The van der Waals surface area contributed by atoms with E-state index in [1.54, 1.807) is 24.3 Å². The molecule has 0 unspecified atom stereocenters. The molecule has 176 valence electrons. The molecule has 2 aromatic rings. The molecular weight excluding hydrogens is 566 g/mol. The number of esters is 1. The van der Waals surface area contributed by atoms with Crippen LogP contribution in [-0.2, 0) is 14.3 Å². The molecule has 3 fully saturated rings. The van der Waals surface area contributed by atoms with E-state index in [1.807, 2.05) is 19.9 Å². The zero-order valence-corrected chi connectivity index (χ0v) is 21.8. The lowest BCUT2D eigenvalue weighted by atomic mass is 9.81. The zero-order valence-electron chi connectivity index (χ0n) is 18.7. The molecule has 3 aliphatic rings. The summed E-state index contributed by atoms with van der Waals surface area (Å²) in [4.78, 5) is 52.8. The van der Waals surface area contributed by atoms with Gasteiger partial charge in [0.1, 0.15) is 0 Å². The smallest absolute Gasteiger partial charge is 0.338 e. The molecule has 2 aromatic carbocycles. The number of ether oxygens (including phenoxy) is 1. The van der Waals surface area contributed by atoms with Gasteiger partial charge in [0.25, 0.3) is 0 Å². The van der Waals surface area contributed by atoms with Crippen molar-refractivity contribution in [2.24, 2.45) is 23.7 Å². The highest BCUT2D eigenvalue weighted by atomic mass is 79.9. The van der Waals surface area contributed by atoms with Crippen LogP contribution >= 0.6 is 31.9 Å². The molecule has 5 rings (SSSR count). The lowest BCUT2D eigenvalue weighted by Crippen LogP contribution is -2.37. The number of rotatable bonds is 5. The third-order valence-electron chi connectivity index (χ3n) is 7.51. The summed E-state index contributed by atoms with van der Waals surface area (Å²) in [7, 11) is 0. The fourth-order valence-electron chi connectivity index (χ4n) is 5.56. The molecule has 2 bridgehead atoms. The summed E-state index contributed by atoms with van der Waals surface area (Å²) >= 11 is 7.38. The molecule has 1 saturated heterocycles. The van der Waals surface area contributed by atoms with Gasteiger partial charge in [-0.1, -0.05) is 44.0 Å². The molecule has 8 heteroatoms. The monoisotopic (exact) mass is 587 g/mol. The van der Waals surface area contributed by atoms with Crippen LogP contribution in [-0.4, -0.2) is 39.8 Å². The van der Waals surface area contributed by atoms with Crippen molar-refractivity contribution < 1.29 is 23.9 Å². The van der Waals surface area contributed by atoms with Gasteiger partial charge in [0.2, 0.25) is 11.8 Å². The normalized spacial score (nSPS) is 29.5. The molecule has 2 aliphatic carbocycles. The molecule has 2 saturated carbocycles. The third-order valence-corrected chi connectivity index (χ3v) is 10.7. The van der Waals surface area contributed by atoms with E-state index in [-0.39, 0.29) is 63.1 Å². The van der Waals surface area contributed by atoms with Crippen LogP contribution in [0.15, 0.2) is 42.5 Å². The van der Waals surface area contributed by atoms with Crippen molar-refractivity contribution in [2.75, 3.05) is 11.5 Å². The Hall–Kier alpha value is -2.32. The van der Waals surface area contributed by atoms with Gasteiger partial charge in [-0.05, 0) is 73.6 Å². The van der Waals surface area contributed by atoms with Gasteiger partial charge in [0.05, 0.1) is 23.1 Å². The maximum absolute atomic E-state index is 13.2. The minimum Gasteiger partial charge on any atom is -0.454 e. The number of carbonyl (C=O) groups is 4. The highest BCUT2D eigenvalue weighted by molar-refractivity contribution is 9.12. The number of aryl methyl sites for hydroxylation is 2. The van der Waals surface area contributed by atoms with Crippen LogP contribution in [0.25, 0.3) is 0 Å². The van der Waals surface area contributed by atoms with Gasteiger partial charge in [0.15, 0.2) is 12.4 Å². The fourth-order valence-corrected chi connectivity index (χ4v) is 7.44. The molecule has 0 spiro atoms. The minimum absolute atomic E-state index is 0.143. The van der Waals surface area contributed by atoms with E-state index >= 15 is 0 Å². The number of anilines is 1.